The summed E-state index contributed by atoms with van der Waals surface area (Å²) >= 11 is 1.34. The van der Waals surface area contributed by atoms with E-state index in [9.17, 15) is 14.4 Å². The van der Waals surface area contributed by atoms with E-state index in [1.165, 1.54) is 11.3 Å². The highest BCUT2D eigenvalue weighted by atomic mass is 32.1. The maximum Gasteiger partial charge on any atom is 0.305 e. The number of carboxylic acids is 1. The highest BCUT2D eigenvalue weighted by molar-refractivity contribution is 7.14. The van der Waals surface area contributed by atoms with Crippen LogP contribution in [0.2, 0.25) is 0 Å². The number of aromatic nitrogens is 1. The minimum absolute atomic E-state index is 0.0665. The monoisotopic (exact) mass is 297 g/mol. The Morgan fingerprint density at radius 3 is 2.95 bits per heavy atom. The highest BCUT2D eigenvalue weighted by Crippen LogP contribution is 2.25. The molecule has 0 aliphatic carbocycles. The first kappa shape index (κ1) is 14.4. The van der Waals surface area contributed by atoms with Gasteiger partial charge in [-0.15, -0.1) is 11.3 Å². The predicted molar refractivity (Wildman–Crippen MR) is 72.7 cm³/mol. The molecule has 8 heteroatoms. The van der Waals surface area contributed by atoms with Crippen LogP contribution in [0.3, 0.4) is 0 Å². The van der Waals surface area contributed by atoms with Crippen molar-refractivity contribution in [1.29, 1.82) is 0 Å². The number of carbonyl (C=O) groups is 3. The summed E-state index contributed by atoms with van der Waals surface area (Å²) in [7, 11) is 0. The number of amides is 2. The smallest absolute Gasteiger partial charge is 0.305 e. The Kier molecular flexibility index (Phi) is 4.67. The second-order valence-electron chi connectivity index (χ2n) is 4.44. The summed E-state index contributed by atoms with van der Waals surface area (Å²) in [6.07, 6.45) is 1.38. The maximum atomic E-state index is 11.6. The summed E-state index contributed by atoms with van der Waals surface area (Å²) in [5.41, 5.74) is 0.595. The lowest BCUT2D eigenvalue weighted by molar-refractivity contribution is -0.137. The molecule has 0 bridgehead atoms. The van der Waals surface area contributed by atoms with E-state index in [1.54, 1.807) is 10.3 Å². The zero-order chi connectivity index (χ0) is 14.5. The first-order chi connectivity index (χ1) is 9.56. The zero-order valence-electron chi connectivity index (χ0n) is 10.8. The molecule has 1 aliphatic heterocycles. The van der Waals surface area contributed by atoms with Crippen LogP contribution in [0.15, 0.2) is 5.38 Å². The first-order valence-corrected chi connectivity index (χ1v) is 7.17. The lowest BCUT2D eigenvalue weighted by atomic mass is 10.3. The van der Waals surface area contributed by atoms with Crippen molar-refractivity contribution in [3.63, 3.8) is 0 Å². The topological polar surface area (TPSA) is 99.6 Å². The van der Waals surface area contributed by atoms with Gasteiger partial charge in [0.2, 0.25) is 11.8 Å². The molecule has 2 rings (SSSR count). The molecular formula is C12H15N3O4S. The molecular weight excluding hydrogens is 282 g/mol. The summed E-state index contributed by atoms with van der Waals surface area (Å²) in [5.74, 6) is -1.15. The Hall–Kier alpha value is -1.96. The molecule has 1 aromatic rings. The molecule has 1 fully saturated rings. The van der Waals surface area contributed by atoms with E-state index in [2.05, 4.69) is 10.3 Å². The molecule has 0 spiro atoms. The van der Waals surface area contributed by atoms with E-state index in [-0.39, 0.29) is 31.2 Å². The molecule has 0 unspecified atom stereocenters. The summed E-state index contributed by atoms with van der Waals surface area (Å²) in [6.45, 7) is 0.784. The minimum atomic E-state index is -0.950. The van der Waals surface area contributed by atoms with Crippen LogP contribution < -0.4 is 10.2 Å². The molecule has 2 amide bonds. The molecule has 108 valence electrons. The Morgan fingerprint density at radius 2 is 2.30 bits per heavy atom. The summed E-state index contributed by atoms with van der Waals surface area (Å²) in [4.78, 5) is 39.4. The molecule has 20 heavy (non-hydrogen) atoms. The molecule has 0 aromatic carbocycles. The summed E-state index contributed by atoms with van der Waals surface area (Å²) in [6, 6.07) is 0. The van der Waals surface area contributed by atoms with Crippen molar-refractivity contribution in [2.45, 2.75) is 25.7 Å². The van der Waals surface area contributed by atoms with Gasteiger partial charge < -0.3 is 10.4 Å². The van der Waals surface area contributed by atoms with E-state index in [1.807, 2.05) is 0 Å². The van der Waals surface area contributed by atoms with Crippen molar-refractivity contribution in [3.05, 3.63) is 11.1 Å². The zero-order valence-corrected chi connectivity index (χ0v) is 11.6. The van der Waals surface area contributed by atoms with Crippen molar-refractivity contribution >= 4 is 34.3 Å². The van der Waals surface area contributed by atoms with Crippen LogP contribution in [-0.4, -0.2) is 41.0 Å². The average molecular weight is 297 g/mol. The van der Waals surface area contributed by atoms with Crippen molar-refractivity contribution in [2.24, 2.45) is 0 Å². The van der Waals surface area contributed by atoms with E-state index < -0.39 is 5.97 Å². The molecule has 7 nitrogen and oxygen atoms in total. The normalized spacial score (nSPS) is 14.6. The highest BCUT2D eigenvalue weighted by Gasteiger charge is 2.24. The second kappa shape index (κ2) is 6.47. The third-order valence-corrected chi connectivity index (χ3v) is 3.76. The van der Waals surface area contributed by atoms with Crippen LogP contribution in [0.4, 0.5) is 5.13 Å². The molecule has 1 saturated heterocycles. The van der Waals surface area contributed by atoms with E-state index in [0.29, 0.717) is 23.8 Å². The Bertz CT molecular complexity index is 529. The third-order valence-electron chi connectivity index (χ3n) is 2.85. The van der Waals surface area contributed by atoms with Crippen molar-refractivity contribution in [2.75, 3.05) is 18.0 Å². The molecule has 2 heterocycles. The van der Waals surface area contributed by atoms with Gasteiger partial charge in [-0.3, -0.25) is 19.3 Å². The van der Waals surface area contributed by atoms with Crippen LogP contribution in [0.1, 0.15) is 25.0 Å². The molecule has 1 aromatic heterocycles. The third kappa shape index (κ3) is 3.77. The van der Waals surface area contributed by atoms with E-state index in [0.717, 1.165) is 6.42 Å². The fourth-order valence-corrected chi connectivity index (χ4v) is 2.76. The van der Waals surface area contributed by atoms with Crippen molar-refractivity contribution in [3.8, 4) is 0 Å². The Labute approximate surface area is 119 Å². The number of thiazole rings is 1. The quantitative estimate of drug-likeness (QED) is 0.792. The Morgan fingerprint density at radius 1 is 1.50 bits per heavy atom. The SMILES string of the molecule is O=C(O)CCNC(=O)Cc1csc(N2CCCC2=O)n1. The van der Waals surface area contributed by atoms with Crippen molar-refractivity contribution in [1.82, 2.24) is 10.3 Å². The number of hydrogen-bond acceptors (Lipinski definition) is 5. The van der Waals surface area contributed by atoms with Crippen LogP contribution in [0, 0.1) is 0 Å². The van der Waals surface area contributed by atoms with Gasteiger partial charge in [0.1, 0.15) is 0 Å². The number of aliphatic carboxylic acids is 1. The molecule has 0 saturated carbocycles. The predicted octanol–water partition coefficient (Wildman–Crippen LogP) is 0.403. The number of rotatable bonds is 6. The van der Waals surface area contributed by atoms with Crippen LogP contribution >= 0.6 is 11.3 Å². The standard InChI is InChI=1S/C12H15N3O4S/c16-9(13-4-3-11(18)19)6-8-7-20-12(14-8)15-5-1-2-10(15)17/h7H,1-6H2,(H,13,16)(H,18,19). The van der Waals surface area contributed by atoms with Gasteiger partial charge in [0.25, 0.3) is 0 Å². The summed E-state index contributed by atoms with van der Waals surface area (Å²) < 4.78 is 0. The molecule has 0 radical (unpaired) electrons. The van der Waals surface area contributed by atoms with Gasteiger partial charge in [-0.1, -0.05) is 0 Å². The van der Waals surface area contributed by atoms with Crippen molar-refractivity contribution < 1.29 is 19.5 Å². The van der Waals surface area contributed by atoms with Crippen LogP contribution in [0.5, 0.6) is 0 Å². The van der Waals surface area contributed by atoms with Crippen LogP contribution in [-0.2, 0) is 20.8 Å². The number of nitrogens with one attached hydrogen (secondary N) is 1. The van der Waals surface area contributed by atoms with Crippen LogP contribution in [0.25, 0.3) is 0 Å². The number of carbonyl (C=O) groups excluding carboxylic acids is 2. The lowest BCUT2D eigenvalue weighted by Crippen LogP contribution is -2.27. The Balaban J connectivity index is 1.84. The van der Waals surface area contributed by atoms with Gasteiger partial charge in [-0.05, 0) is 6.42 Å². The van der Waals surface area contributed by atoms with E-state index >= 15 is 0 Å². The molecule has 2 N–H and O–H groups in total. The van der Waals surface area contributed by atoms with Gasteiger partial charge in [-0.2, -0.15) is 0 Å². The van der Waals surface area contributed by atoms with Gasteiger partial charge in [0.05, 0.1) is 18.5 Å². The number of nitrogens with zero attached hydrogens (tertiary/aromatic N) is 2. The first-order valence-electron chi connectivity index (χ1n) is 6.29. The van der Waals surface area contributed by atoms with Gasteiger partial charge in [-0.25, -0.2) is 4.98 Å². The largest absolute Gasteiger partial charge is 0.481 e. The number of carboxylic acid groups (broad SMARTS) is 1. The van der Waals surface area contributed by atoms with Gasteiger partial charge in [0.15, 0.2) is 5.13 Å². The second-order valence-corrected chi connectivity index (χ2v) is 5.28. The summed E-state index contributed by atoms with van der Waals surface area (Å²) in [5, 5.41) is 13.4. The van der Waals surface area contributed by atoms with Gasteiger partial charge in [0, 0.05) is 24.9 Å². The molecule has 1 aliphatic rings. The number of hydrogen-bond donors (Lipinski definition) is 2. The maximum absolute atomic E-state index is 11.6. The molecule has 0 atom stereocenters. The minimum Gasteiger partial charge on any atom is -0.481 e. The fraction of sp³-hybridized carbons (Fsp3) is 0.500. The lowest BCUT2D eigenvalue weighted by Gasteiger charge is -2.10. The van der Waals surface area contributed by atoms with Gasteiger partial charge >= 0.3 is 5.97 Å². The fourth-order valence-electron chi connectivity index (χ4n) is 1.89. The number of anilines is 1. The van der Waals surface area contributed by atoms with E-state index in [4.69, 9.17) is 5.11 Å². The average Bonchev–Trinajstić information content (AvgIpc) is 2.97.